The smallest absolute Gasteiger partial charge is 0.230 e. The first kappa shape index (κ1) is 18.8. The molecule has 0 bridgehead atoms. The first-order valence-corrected chi connectivity index (χ1v) is 10.0. The average molecular weight is 375 g/mol. The molecule has 1 fully saturated rings. The van der Waals surface area contributed by atoms with Crippen molar-refractivity contribution in [3.63, 3.8) is 0 Å². The first-order chi connectivity index (χ1) is 12.6. The number of nitrogens with one attached hydrogen (secondary N) is 1. The van der Waals surface area contributed by atoms with Crippen LogP contribution in [0.5, 0.6) is 5.75 Å². The predicted octanol–water partition coefficient (Wildman–Crippen LogP) is 3.54. The minimum atomic E-state index is -0.00719. The van der Waals surface area contributed by atoms with Gasteiger partial charge in [-0.25, -0.2) is 0 Å². The molecule has 2 atom stereocenters. The highest BCUT2D eigenvalue weighted by Gasteiger charge is 2.28. The molecule has 6 nitrogen and oxygen atoms in total. The van der Waals surface area contributed by atoms with Crippen molar-refractivity contribution in [3.05, 3.63) is 24.3 Å². The van der Waals surface area contributed by atoms with Gasteiger partial charge in [0.2, 0.25) is 5.91 Å². The van der Waals surface area contributed by atoms with E-state index in [1.165, 1.54) is 31.0 Å². The van der Waals surface area contributed by atoms with E-state index in [0.29, 0.717) is 17.7 Å². The van der Waals surface area contributed by atoms with Crippen LogP contribution in [0.4, 0.5) is 0 Å². The minimum absolute atomic E-state index is 0.00719. The number of rotatable bonds is 6. The molecule has 26 heavy (non-hydrogen) atoms. The summed E-state index contributed by atoms with van der Waals surface area (Å²) in [5.74, 6) is 2.59. The number of carbonyl (C=O) groups excluding carboxylic acids is 1. The molecule has 1 aromatic carbocycles. The number of aromatic nitrogens is 3. The lowest BCUT2D eigenvalue weighted by Gasteiger charge is -2.31. The number of ether oxygens (including phenoxy) is 1. The van der Waals surface area contributed by atoms with Crippen LogP contribution in [-0.4, -0.2) is 40.6 Å². The van der Waals surface area contributed by atoms with E-state index in [2.05, 4.69) is 27.0 Å². The second-order valence-electron chi connectivity index (χ2n) is 6.70. The van der Waals surface area contributed by atoms with E-state index < -0.39 is 0 Å². The number of hydrogen-bond acceptors (Lipinski definition) is 5. The van der Waals surface area contributed by atoms with E-state index >= 15 is 0 Å². The topological polar surface area (TPSA) is 69.0 Å². The minimum Gasteiger partial charge on any atom is -0.497 e. The number of hydrogen-bond donors (Lipinski definition) is 1. The summed E-state index contributed by atoms with van der Waals surface area (Å²) in [7, 11) is 3.31. The van der Waals surface area contributed by atoms with Crippen LogP contribution in [0.15, 0.2) is 29.4 Å². The van der Waals surface area contributed by atoms with Crippen molar-refractivity contribution < 1.29 is 9.53 Å². The molecule has 1 N–H and O–H groups in total. The van der Waals surface area contributed by atoms with Gasteiger partial charge in [-0.1, -0.05) is 31.5 Å². The zero-order valence-corrected chi connectivity index (χ0v) is 16.4. The van der Waals surface area contributed by atoms with Crippen molar-refractivity contribution in [1.82, 2.24) is 20.1 Å². The number of thioether (sulfide) groups is 1. The van der Waals surface area contributed by atoms with E-state index in [-0.39, 0.29) is 5.91 Å². The lowest BCUT2D eigenvalue weighted by atomic mass is 9.85. The molecule has 1 aliphatic carbocycles. The van der Waals surface area contributed by atoms with Crippen LogP contribution in [-0.2, 0) is 4.79 Å². The monoisotopic (exact) mass is 374 g/mol. The Morgan fingerprint density at radius 1 is 1.27 bits per heavy atom. The number of nitrogens with zero attached hydrogens (tertiary/aromatic N) is 3. The molecule has 1 saturated carbocycles. The summed E-state index contributed by atoms with van der Waals surface area (Å²) in [6.07, 6.45) is 4.83. The van der Waals surface area contributed by atoms with Gasteiger partial charge in [0.15, 0.2) is 11.0 Å². The lowest BCUT2D eigenvalue weighted by molar-refractivity contribution is -0.118. The van der Waals surface area contributed by atoms with Crippen molar-refractivity contribution in [2.24, 2.45) is 5.92 Å². The standard InChI is InChI=1S/C19H26N4O2S/c1-13-6-4-5-7-16(13)23-18(14-8-10-15(25-3)11-9-14)21-22-19(23)26-12-17(24)20-2/h8-11,13,16H,4-7,12H2,1-3H3,(H,20,24)/t13-,16+/m0/s1. The molecule has 2 aromatic rings. The second kappa shape index (κ2) is 8.58. The van der Waals surface area contributed by atoms with Crippen LogP contribution in [0.1, 0.15) is 38.6 Å². The summed E-state index contributed by atoms with van der Waals surface area (Å²) >= 11 is 1.45. The Morgan fingerprint density at radius 2 is 2.00 bits per heavy atom. The quantitative estimate of drug-likeness (QED) is 0.783. The molecule has 140 valence electrons. The average Bonchev–Trinajstić information content (AvgIpc) is 3.10. The molecule has 0 spiro atoms. The highest BCUT2D eigenvalue weighted by Crippen LogP contribution is 2.39. The van der Waals surface area contributed by atoms with Crippen molar-refractivity contribution in [2.45, 2.75) is 43.8 Å². The molecule has 0 unspecified atom stereocenters. The van der Waals surface area contributed by atoms with Crippen LogP contribution in [0, 0.1) is 5.92 Å². The van der Waals surface area contributed by atoms with Gasteiger partial charge in [0.1, 0.15) is 5.75 Å². The SMILES string of the molecule is CNC(=O)CSc1nnc(-c2ccc(OC)cc2)n1[C@@H]1CCCC[C@@H]1C. The number of methoxy groups -OCH3 is 1. The maximum Gasteiger partial charge on any atom is 0.230 e. The molecular weight excluding hydrogens is 348 g/mol. The van der Waals surface area contributed by atoms with Gasteiger partial charge in [-0.15, -0.1) is 10.2 Å². The van der Waals surface area contributed by atoms with E-state index in [1.807, 2.05) is 24.3 Å². The van der Waals surface area contributed by atoms with Gasteiger partial charge >= 0.3 is 0 Å². The molecule has 1 heterocycles. The van der Waals surface area contributed by atoms with E-state index in [4.69, 9.17) is 4.74 Å². The molecule has 3 rings (SSSR count). The molecule has 1 aromatic heterocycles. The van der Waals surface area contributed by atoms with Gasteiger partial charge in [-0.05, 0) is 43.0 Å². The Labute approximate surface area is 158 Å². The van der Waals surface area contributed by atoms with Crippen LogP contribution < -0.4 is 10.1 Å². The Kier molecular flexibility index (Phi) is 6.19. The summed E-state index contributed by atoms with van der Waals surface area (Å²) in [5, 5.41) is 12.4. The highest BCUT2D eigenvalue weighted by atomic mass is 32.2. The molecular formula is C19H26N4O2S. The van der Waals surface area contributed by atoms with Gasteiger partial charge in [-0.3, -0.25) is 9.36 Å². The third-order valence-corrected chi connectivity index (χ3v) is 5.96. The van der Waals surface area contributed by atoms with Gasteiger partial charge in [0.05, 0.1) is 12.9 Å². The zero-order chi connectivity index (χ0) is 18.5. The number of carbonyl (C=O) groups is 1. The number of benzene rings is 1. The van der Waals surface area contributed by atoms with Crippen LogP contribution >= 0.6 is 11.8 Å². The first-order valence-electron chi connectivity index (χ1n) is 9.06. The second-order valence-corrected chi connectivity index (χ2v) is 7.64. The third-order valence-electron chi connectivity index (χ3n) is 5.02. The zero-order valence-electron chi connectivity index (χ0n) is 15.6. The van der Waals surface area contributed by atoms with E-state index in [9.17, 15) is 4.79 Å². The predicted molar refractivity (Wildman–Crippen MR) is 103 cm³/mol. The molecule has 0 aliphatic heterocycles. The highest BCUT2D eigenvalue weighted by molar-refractivity contribution is 7.99. The summed E-state index contributed by atoms with van der Waals surface area (Å²) in [4.78, 5) is 11.7. The summed E-state index contributed by atoms with van der Waals surface area (Å²) in [6.45, 7) is 2.30. The molecule has 0 saturated heterocycles. The van der Waals surface area contributed by atoms with Gasteiger partial charge < -0.3 is 10.1 Å². The maximum absolute atomic E-state index is 11.7. The summed E-state index contributed by atoms with van der Waals surface area (Å²) in [6, 6.07) is 8.27. The fourth-order valence-corrected chi connectivity index (χ4v) is 4.36. The Balaban J connectivity index is 1.97. The lowest BCUT2D eigenvalue weighted by Crippen LogP contribution is -2.23. The van der Waals surface area contributed by atoms with Gasteiger partial charge in [0.25, 0.3) is 0 Å². The fraction of sp³-hybridized carbons (Fsp3) is 0.526. The normalized spacial score (nSPS) is 20.0. The van der Waals surface area contributed by atoms with Crippen molar-refractivity contribution >= 4 is 17.7 Å². The molecule has 1 aliphatic rings. The van der Waals surface area contributed by atoms with Crippen molar-refractivity contribution in [3.8, 4) is 17.1 Å². The van der Waals surface area contributed by atoms with Crippen LogP contribution in [0.25, 0.3) is 11.4 Å². The molecule has 0 radical (unpaired) electrons. The number of amides is 1. The van der Waals surface area contributed by atoms with Crippen molar-refractivity contribution in [2.75, 3.05) is 19.9 Å². The van der Waals surface area contributed by atoms with Gasteiger partial charge in [0, 0.05) is 18.7 Å². The van der Waals surface area contributed by atoms with Crippen LogP contribution in [0.2, 0.25) is 0 Å². The molecule has 1 amide bonds. The summed E-state index contributed by atoms with van der Waals surface area (Å²) < 4.78 is 7.51. The van der Waals surface area contributed by atoms with E-state index in [1.54, 1.807) is 14.2 Å². The molecule has 7 heteroatoms. The van der Waals surface area contributed by atoms with Crippen molar-refractivity contribution in [1.29, 1.82) is 0 Å². The van der Waals surface area contributed by atoms with E-state index in [0.717, 1.165) is 28.7 Å². The maximum atomic E-state index is 11.7. The Morgan fingerprint density at radius 3 is 2.65 bits per heavy atom. The largest absolute Gasteiger partial charge is 0.497 e. The Bertz CT molecular complexity index is 744. The van der Waals surface area contributed by atoms with Crippen LogP contribution in [0.3, 0.4) is 0 Å². The third kappa shape index (κ3) is 4.03. The Hall–Kier alpha value is -2.02. The summed E-state index contributed by atoms with van der Waals surface area (Å²) in [5.41, 5.74) is 1.02. The van der Waals surface area contributed by atoms with Gasteiger partial charge in [-0.2, -0.15) is 0 Å². The fourth-order valence-electron chi connectivity index (χ4n) is 3.49.